The Morgan fingerprint density at radius 3 is 2.41 bits per heavy atom. The molecule has 0 radical (unpaired) electrons. The molecule has 0 saturated carbocycles. The minimum Gasteiger partial charge on any atom is -0.378 e. The van der Waals surface area contributed by atoms with Crippen LogP contribution in [0.1, 0.15) is 13.8 Å². The van der Waals surface area contributed by atoms with Crippen LogP contribution in [0.2, 0.25) is 0 Å². The molecule has 0 bridgehead atoms. The second-order valence-corrected chi connectivity index (χ2v) is 7.32. The molecule has 2 fully saturated rings. The predicted octanol–water partition coefficient (Wildman–Crippen LogP) is -0.108. The molecule has 0 aromatic rings. The molecule has 2 atom stereocenters. The Bertz CT molecular complexity index is 344. The lowest BCUT2D eigenvalue weighted by molar-refractivity contribution is 0.0907. The SMILES string of the molecule is CC(C)OCCS(=O)(=O)N1C[C@H]2CNC[C@H]2C1. The molecule has 0 aromatic carbocycles. The van der Waals surface area contributed by atoms with Crippen LogP contribution >= 0.6 is 0 Å². The van der Waals surface area contributed by atoms with Crippen molar-refractivity contribution in [2.75, 3.05) is 38.5 Å². The van der Waals surface area contributed by atoms with Gasteiger partial charge < -0.3 is 10.1 Å². The van der Waals surface area contributed by atoms with Crippen LogP contribution in [0.3, 0.4) is 0 Å². The molecule has 5 nitrogen and oxygen atoms in total. The van der Waals surface area contributed by atoms with Crippen LogP contribution in [0.4, 0.5) is 0 Å². The van der Waals surface area contributed by atoms with Gasteiger partial charge in [-0.3, -0.25) is 0 Å². The first-order chi connectivity index (χ1) is 7.99. The van der Waals surface area contributed by atoms with E-state index in [0.29, 0.717) is 31.5 Å². The first-order valence-electron chi connectivity index (χ1n) is 6.29. The highest BCUT2D eigenvalue weighted by molar-refractivity contribution is 7.89. The molecule has 17 heavy (non-hydrogen) atoms. The fraction of sp³-hybridized carbons (Fsp3) is 1.00. The van der Waals surface area contributed by atoms with Gasteiger partial charge in [0.15, 0.2) is 0 Å². The lowest BCUT2D eigenvalue weighted by Crippen LogP contribution is -2.35. The van der Waals surface area contributed by atoms with Crippen molar-refractivity contribution in [1.82, 2.24) is 9.62 Å². The summed E-state index contributed by atoms with van der Waals surface area (Å²) in [6.07, 6.45) is 0.0901. The van der Waals surface area contributed by atoms with Crippen LogP contribution in [-0.4, -0.2) is 57.4 Å². The van der Waals surface area contributed by atoms with Gasteiger partial charge in [0.05, 0.1) is 18.5 Å². The highest BCUT2D eigenvalue weighted by Gasteiger charge is 2.40. The van der Waals surface area contributed by atoms with E-state index < -0.39 is 10.0 Å². The van der Waals surface area contributed by atoms with Crippen LogP contribution in [0.15, 0.2) is 0 Å². The van der Waals surface area contributed by atoms with Gasteiger partial charge in [0.25, 0.3) is 0 Å². The normalized spacial score (nSPS) is 30.1. The number of nitrogens with zero attached hydrogens (tertiary/aromatic N) is 1. The van der Waals surface area contributed by atoms with Gasteiger partial charge in [0.2, 0.25) is 10.0 Å². The van der Waals surface area contributed by atoms with Gasteiger partial charge in [0.1, 0.15) is 0 Å². The number of fused-ring (bicyclic) bond motifs is 1. The van der Waals surface area contributed by atoms with Gasteiger partial charge in [0, 0.05) is 13.1 Å². The number of hydrogen-bond donors (Lipinski definition) is 1. The average Bonchev–Trinajstić information content (AvgIpc) is 2.74. The van der Waals surface area contributed by atoms with Crippen LogP contribution in [-0.2, 0) is 14.8 Å². The summed E-state index contributed by atoms with van der Waals surface area (Å²) in [6.45, 7) is 7.41. The van der Waals surface area contributed by atoms with Crippen molar-refractivity contribution < 1.29 is 13.2 Å². The molecule has 2 aliphatic rings. The number of ether oxygens (including phenoxy) is 1. The van der Waals surface area contributed by atoms with Crippen LogP contribution in [0.25, 0.3) is 0 Å². The van der Waals surface area contributed by atoms with Crippen molar-refractivity contribution in [2.45, 2.75) is 20.0 Å². The number of hydrogen-bond acceptors (Lipinski definition) is 4. The molecule has 0 spiro atoms. The molecule has 2 saturated heterocycles. The van der Waals surface area contributed by atoms with E-state index in [1.807, 2.05) is 13.8 Å². The maximum atomic E-state index is 12.1. The van der Waals surface area contributed by atoms with Gasteiger partial charge in [-0.2, -0.15) is 0 Å². The third-order valence-electron chi connectivity index (χ3n) is 3.54. The third-order valence-corrected chi connectivity index (χ3v) is 5.31. The summed E-state index contributed by atoms with van der Waals surface area (Å²) in [5.41, 5.74) is 0. The summed E-state index contributed by atoms with van der Waals surface area (Å²) < 4.78 is 31.1. The molecule has 100 valence electrons. The van der Waals surface area contributed by atoms with Crippen molar-refractivity contribution in [1.29, 1.82) is 0 Å². The van der Waals surface area contributed by atoms with Crippen molar-refractivity contribution in [3.8, 4) is 0 Å². The molecule has 1 N–H and O–H groups in total. The summed E-state index contributed by atoms with van der Waals surface area (Å²) in [6, 6.07) is 0. The zero-order valence-electron chi connectivity index (χ0n) is 10.6. The van der Waals surface area contributed by atoms with Crippen molar-refractivity contribution in [2.24, 2.45) is 11.8 Å². The number of rotatable bonds is 5. The van der Waals surface area contributed by atoms with Crippen molar-refractivity contribution in [3.05, 3.63) is 0 Å². The highest BCUT2D eigenvalue weighted by atomic mass is 32.2. The zero-order chi connectivity index (χ0) is 12.5. The molecule has 0 aliphatic carbocycles. The Morgan fingerprint density at radius 1 is 1.29 bits per heavy atom. The summed E-state index contributed by atoms with van der Waals surface area (Å²) in [5, 5.41) is 3.31. The molecular weight excluding hydrogens is 240 g/mol. The molecule has 0 amide bonds. The van der Waals surface area contributed by atoms with Gasteiger partial charge in [-0.1, -0.05) is 0 Å². The minimum atomic E-state index is -3.12. The third kappa shape index (κ3) is 3.19. The van der Waals surface area contributed by atoms with E-state index in [4.69, 9.17) is 4.74 Å². The Hall–Kier alpha value is -0.170. The van der Waals surface area contributed by atoms with Gasteiger partial charge in [-0.25, -0.2) is 12.7 Å². The molecule has 2 aliphatic heterocycles. The molecule has 2 heterocycles. The summed E-state index contributed by atoms with van der Waals surface area (Å²) in [7, 11) is -3.12. The lowest BCUT2D eigenvalue weighted by Gasteiger charge is -2.17. The minimum absolute atomic E-state index is 0.0901. The average molecular weight is 262 g/mol. The first kappa shape index (κ1) is 13.3. The number of nitrogens with one attached hydrogen (secondary N) is 1. The lowest BCUT2D eigenvalue weighted by atomic mass is 10.0. The molecule has 0 unspecified atom stereocenters. The number of sulfonamides is 1. The fourth-order valence-electron chi connectivity index (χ4n) is 2.56. The maximum absolute atomic E-state index is 12.1. The fourth-order valence-corrected chi connectivity index (χ4v) is 3.96. The first-order valence-corrected chi connectivity index (χ1v) is 7.90. The monoisotopic (exact) mass is 262 g/mol. The Balaban J connectivity index is 1.84. The molecule has 0 aromatic heterocycles. The van der Waals surface area contributed by atoms with E-state index in [0.717, 1.165) is 13.1 Å². The predicted molar refractivity (Wildman–Crippen MR) is 66.3 cm³/mol. The Morgan fingerprint density at radius 2 is 1.88 bits per heavy atom. The van der Waals surface area contributed by atoms with E-state index in [1.165, 1.54) is 0 Å². The Labute approximate surface area is 104 Å². The van der Waals surface area contributed by atoms with Gasteiger partial charge >= 0.3 is 0 Å². The quantitative estimate of drug-likeness (QED) is 0.751. The second-order valence-electron chi connectivity index (χ2n) is 5.23. The molecular formula is C11H22N2O3S. The molecule has 6 heteroatoms. The van der Waals surface area contributed by atoms with Crippen LogP contribution < -0.4 is 5.32 Å². The summed E-state index contributed by atoms with van der Waals surface area (Å²) in [4.78, 5) is 0. The zero-order valence-corrected chi connectivity index (χ0v) is 11.4. The maximum Gasteiger partial charge on any atom is 0.216 e. The highest BCUT2D eigenvalue weighted by Crippen LogP contribution is 2.28. The summed E-state index contributed by atoms with van der Waals surface area (Å²) in [5.74, 6) is 1.13. The van der Waals surface area contributed by atoms with Gasteiger partial charge in [-0.05, 0) is 38.8 Å². The smallest absolute Gasteiger partial charge is 0.216 e. The topological polar surface area (TPSA) is 58.6 Å². The van der Waals surface area contributed by atoms with E-state index in [1.54, 1.807) is 4.31 Å². The van der Waals surface area contributed by atoms with E-state index in [2.05, 4.69) is 5.32 Å². The van der Waals surface area contributed by atoms with Crippen molar-refractivity contribution in [3.63, 3.8) is 0 Å². The van der Waals surface area contributed by atoms with Crippen LogP contribution in [0.5, 0.6) is 0 Å². The summed E-state index contributed by atoms with van der Waals surface area (Å²) >= 11 is 0. The Kier molecular flexibility index (Phi) is 4.07. The van der Waals surface area contributed by atoms with E-state index in [-0.39, 0.29) is 11.9 Å². The van der Waals surface area contributed by atoms with E-state index in [9.17, 15) is 8.42 Å². The van der Waals surface area contributed by atoms with Gasteiger partial charge in [-0.15, -0.1) is 0 Å². The largest absolute Gasteiger partial charge is 0.378 e. The second kappa shape index (κ2) is 5.22. The van der Waals surface area contributed by atoms with Crippen LogP contribution in [0, 0.1) is 11.8 Å². The van der Waals surface area contributed by atoms with Crippen molar-refractivity contribution >= 4 is 10.0 Å². The van der Waals surface area contributed by atoms with E-state index >= 15 is 0 Å². The standard InChI is InChI=1S/C11H22N2O3S/c1-9(2)16-3-4-17(14,15)13-7-10-5-12-6-11(10)8-13/h9-12H,3-8H2,1-2H3/t10-,11+. The molecule has 2 rings (SSSR count).